The molecule has 0 amide bonds. The molecule has 2 nitrogen and oxygen atoms in total. The summed E-state index contributed by atoms with van der Waals surface area (Å²) in [5.41, 5.74) is 3.31. The second kappa shape index (κ2) is 3.46. The lowest BCUT2D eigenvalue weighted by molar-refractivity contribution is 0.175. The van der Waals surface area contributed by atoms with Crippen molar-refractivity contribution in [2.24, 2.45) is 0 Å². The van der Waals surface area contributed by atoms with E-state index in [4.69, 9.17) is 0 Å². The van der Waals surface area contributed by atoms with Gasteiger partial charge in [-0.15, -0.1) is 0 Å². The van der Waals surface area contributed by atoms with Gasteiger partial charge in [-0.1, -0.05) is 19.1 Å². The predicted molar refractivity (Wildman–Crippen MR) is 58.3 cm³/mol. The van der Waals surface area contributed by atoms with Crippen LogP contribution in [0.5, 0.6) is 0 Å². The summed E-state index contributed by atoms with van der Waals surface area (Å²) in [5.74, 6) is 0. The molecular formula is C12H15NO. The second-order valence-electron chi connectivity index (χ2n) is 3.66. The maximum Gasteiger partial charge on any atom is 0.0807 e. The fraction of sp³-hybridized carbons (Fsp3) is 0.333. The van der Waals surface area contributed by atoms with Crippen LogP contribution in [0.2, 0.25) is 0 Å². The van der Waals surface area contributed by atoms with E-state index < -0.39 is 0 Å². The smallest absolute Gasteiger partial charge is 0.0807 e. The number of aromatic nitrogens is 1. The lowest BCUT2D eigenvalue weighted by atomic mass is 10.0. The number of aromatic amines is 1. The van der Waals surface area contributed by atoms with E-state index in [1.54, 1.807) is 0 Å². The van der Waals surface area contributed by atoms with Gasteiger partial charge in [-0.2, -0.15) is 0 Å². The van der Waals surface area contributed by atoms with E-state index >= 15 is 0 Å². The molecule has 0 aliphatic rings. The zero-order valence-corrected chi connectivity index (χ0v) is 8.54. The molecule has 1 atom stereocenters. The lowest BCUT2D eigenvalue weighted by Gasteiger charge is -2.10. The number of benzene rings is 1. The van der Waals surface area contributed by atoms with Crippen molar-refractivity contribution in [3.63, 3.8) is 0 Å². The molecule has 74 valence electrons. The van der Waals surface area contributed by atoms with Crippen molar-refractivity contribution in [1.82, 2.24) is 4.98 Å². The number of aliphatic hydroxyl groups excluding tert-OH is 1. The quantitative estimate of drug-likeness (QED) is 0.748. The van der Waals surface area contributed by atoms with Gasteiger partial charge in [-0.3, -0.25) is 0 Å². The Morgan fingerprint density at radius 2 is 2.14 bits per heavy atom. The first kappa shape index (κ1) is 9.28. The van der Waals surface area contributed by atoms with Gasteiger partial charge in [0, 0.05) is 17.1 Å². The monoisotopic (exact) mass is 189 g/mol. The lowest BCUT2D eigenvalue weighted by Crippen LogP contribution is -1.96. The summed E-state index contributed by atoms with van der Waals surface area (Å²) in [6.07, 6.45) is 2.30. The summed E-state index contributed by atoms with van der Waals surface area (Å²) in [6, 6.07) is 6.11. The molecule has 2 N–H and O–H groups in total. The first-order chi connectivity index (χ1) is 6.74. The molecule has 1 heterocycles. The predicted octanol–water partition coefficient (Wildman–Crippen LogP) is 2.92. The molecule has 2 aromatic rings. The van der Waals surface area contributed by atoms with E-state index in [9.17, 15) is 5.11 Å². The van der Waals surface area contributed by atoms with Gasteiger partial charge >= 0.3 is 0 Å². The van der Waals surface area contributed by atoms with Crippen LogP contribution in [0.25, 0.3) is 10.9 Å². The Morgan fingerprint density at radius 3 is 2.86 bits per heavy atom. The van der Waals surface area contributed by atoms with Crippen molar-refractivity contribution in [2.75, 3.05) is 0 Å². The van der Waals surface area contributed by atoms with Gasteiger partial charge in [0.05, 0.1) is 11.6 Å². The third kappa shape index (κ3) is 1.32. The Balaban J connectivity index is 2.66. The van der Waals surface area contributed by atoms with Gasteiger partial charge in [-0.05, 0) is 25.0 Å². The van der Waals surface area contributed by atoms with Crippen LogP contribution in [-0.2, 0) is 0 Å². The zero-order valence-electron chi connectivity index (χ0n) is 8.54. The highest BCUT2D eigenvalue weighted by atomic mass is 16.3. The summed E-state index contributed by atoms with van der Waals surface area (Å²) in [6.45, 7) is 4.07. The molecule has 2 rings (SSSR count). The molecule has 0 saturated carbocycles. The van der Waals surface area contributed by atoms with Gasteiger partial charge < -0.3 is 10.1 Å². The number of hydrogen-bond acceptors (Lipinski definition) is 1. The maximum absolute atomic E-state index is 9.82. The fourth-order valence-electron chi connectivity index (χ4n) is 1.82. The van der Waals surface area contributed by atoms with Gasteiger partial charge in [-0.25, -0.2) is 0 Å². The third-order valence-electron chi connectivity index (χ3n) is 2.72. The second-order valence-corrected chi connectivity index (χ2v) is 3.66. The Hall–Kier alpha value is -1.28. The van der Waals surface area contributed by atoms with Crippen molar-refractivity contribution >= 4 is 10.9 Å². The Kier molecular flexibility index (Phi) is 2.30. The van der Waals surface area contributed by atoms with Crippen molar-refractivity contribution in [3.8, 4) is 0 Å². The van der Waals surface area contributed by atoms with Crippen molar-refractivity contribution in [1.29, 1.82) is 0 Å². The number of aryl methyl sites for hydroxylation is 1. The Bertz CT molecular complexity index is 445. The average molecular weight is 189 g/mol. The van der Waals surface area contributed by atoms with Crippen LogP contribution < -0.4 is 0 Å². The van der Waals surface area contributed by atoms with Crippen LogP contribution in [0.1, 0.15) is 30.6 Å². The summed E-state index contributed by atoms with van der Waals surface area (Å²) >= 11 is 0. The van der Waals surface area contributed by atoms with E-state index in [-0.39, 0.29) is 6.10 Å². The van der Waals surface area contributed by atoms with E-state index in [0.29, 0.717) is 0 Å². The first-order valence-corrected chi connectivity index (χ1v) is 4.98. The minimum absolute atomic E-state index is 0.364. The van der Waals surface area contributed by atoms with Gasteiger partial charge in [0.1, 0.15) is 0 Å². The SMILES string of the molecule is CCC(O)c1ccc(C)c2cc[nH]c12. The fourth-order valence-corrected chi connectivity index (χ4v) is 1.82. The number of aliphatic hydroxyl groups is 1. The summed E-state index contributed by atoms with van der Waals surface area (Å²) < 4.78 is 0. The van der Waals surface area contributed by atoms with Crippen LogP contribution in [-0.4, -0.2) is 10.1 Å². The number of hydrogen-bond donors (Lipinski definition) is 2. The minimum atomic E-state index is -0.364. The highest BCUT2D eigenvalue weighted by Crippen LogP contribution is 2.27. The number of rotatable bonds is 2. The summed E-state index contributed by atoms with van der Waals surface area (Å²) in [4.78, 5) is 3.18. The summed E-state index contributed by atoms with van der Waals surface area (Å²) in [5, 5.41) is 11.0. The topological polar surface area (TPSA) is 36.0 Å². The zero-order chi connectivity index (χ0) is 10.1. The highest BCUT2D eigenvalue weighted by Gasteiger charge is 2.10. The standard InChI is InChI=1S/C12H15NO/c1-3-11(14)10-5-4-8(2)9-6-7-13-12(9)10/h4-7,11,13-14H,3H2,1-2H3. The van der Waals surface area contributed by atoms with Gasteiger partial charge in [0.2, 0.25) is 0 Å². The largest absolute Gasteiger partial charge is 0.388 e. The molecule has 1 aromatic carbocycles. The molecule has 2 heteroatoms. The van der Waals surface area contributed by atoms with Crippen LogP contribution >= 0.6 is 0 Å². The minimum Gasteiger partial charge on any atom is -0.388 e. The summed E-state index contributed by atoms with van der Waals surface area (Å²) in [7, 11) is 0. The van der Waals surface area contributed by atoms with Crippen LogP contribution in [0.4, 0.5) is 0 Å². The molecule has 0 spiro atoms. The van der Waals surface area contributed by atoms with Crippen LogP contribution in [0.3, 0.4) is 0 Å². The van der Waals surface area contributed by atoms with Crippen molar-refractivity contribution < 1.29 is 5.11 Å². The maximum atomic E-state index is 9.82. The van der Waals surface area contributed by atoms with E-state index in [1.165, 1.54) is 10.9 Å². The molecule has 0 saturated heterocycles. The van der Waals surface area contributed by atoms with E-state index in [2.05, 4.69) is 24.0 Å². The van der Waals surface area contributed by atoms with Crippen LogP contribution in [0, 0.1) is 6.92 Å². The molecule has 14 heavy (non-hydrogen) atoms. The average Bonchev–Trinajstić information content (AvgIpc) is 2.67. The molecule has 0 fully saturated rings. The molecular weight excluding hydrogens is 174 g/mol. The van der Waals surface area contributed by atoms with E-state index in [0.717, 1.165) is 17.5 Å². The number of H-pyrrole nitrogens is 1. The molecule has 0 aliphatic heterocycles. The van der Waals surface area contributed by atoms with Crippen LogP contribution in [0.15, 0.2) is 24.4 Å². The van der Waals surface area contributed by atoms with Gasteiger partial charge in [0.25, 0.3) is 0 Å². The Labute approximate surface area is 83.6 Å². The molecule has 1 aromatic heterocycles. The molecule has 0 radical (unpaired) electrons. The molecule has 1 unspecified atom stereocenters. The molecule has 0 aliphatic carbocycles. The third-order valence-corrected chi connectivity index (χ3v) is 2.72. The highest BCUT2D eigenvalue weighted by molar-refractivity contribution is 5.86. The van der Waals surface area contributed by atoms with Crippen molar-refractivity contribution in [2.45, 2.75) is 26.4 Å². The first-order valence-electron chi connectivity index (χ1n) is 4.98. The Morgan fingerprint density at radius 1 is 1.36 bits per heavy atom. The van der Waals surface area contributed by atoms with Gasteiger partial charge in [0.15, 0.2) is 0 Å². The normalized spacial score (nSPS) is 13.4. The van der Waals surface area contributed by atoms with E-state index in [1.807, 2.05) is 19.2 Å². The number of fused-ring (bicyclic) bond motifs is 1. The van der Waals surface area contributed by atoms with Crippen molar-refractivity contribution in [3.05, 3.63) is 35.5 Å². The number of nitrogens with one attached hydrogen (secondary N) is 1. The molecule has 0 bridgehead atoms.